The van der Waals surface area contributed by atoms with Crippen molar-refractivity contribution in [1.82, 2.24) is 0 Å². The summed E-state index contributed by atoms with van der Waals surface area (Å²) in [4.78, 5) is 23.4. The highest BCUT2D eigenvalue weighted by Gasteiger charge is 2.11. The highest BCUT2D eigenvalue weighted by molar-refractivity contribution is 5.72. The van der Waals surface area contributed by atoms with E-state index in [1.54, 1.807) is 0 Å². The molecule has 152 valence electrons. The average molecular weight is 369 g/mol. The summed E-state index contributed by atoms with van der Waals surface area (Å²) in [6.45, 7) is 8.29. The number of hydrogen-bond acceptors (Lipinski definition) is 4. The SMILES string of the molecule is C=CCCCCCCCCOC(=O)CCCC(=O)OC(C)CCCCC. The molecular formula is C22H40O4. The van der Waals surface area contributed by atoms with E-state index in [4.69, 9.17) is 9.47 Å². The molecule has 0 N–H and O–H groups in total. The summed E-state index contributed by atoms with van der Waals surface area (Å²) in [5.74, 6) is -0.418. The Balaban J connectivity index is 3.45. The van der Waals surface area contributed by atoms with Crippen LogP contribution in [0.15, 0.2) is 12.7 Å². The first-order chi connectivity index (χ1) is 12.6. The lowest BCUT2D eigenvalue weighted by molar-refractivity contribution is -0.149. The molecule has 0 saturated heterocycles. The molecule has 0 aromatic carbocycles. The summed E-state index contributed by atoms with van der Waals surface area (Å²) in [5.41, 5.74) is 0. The second-order valence-corrected chi connectivity index (χ2v) is 7.07. The molecule has 0 aliphatic carbocycles. The van der Waals surface area contributed by atoms with Crippen molar-refractivity contribution in [2.24, 2.45) is 0 Å². The zero-order valence-electron chi connectivity index (χ0n) is 17.1. The van der Waals surface area contributed by atoms with E-state index in [1.807, 2.05) is 13.0 Å². The Kier molecular flexibility index (Phi) is 17.5. The highest BCUT2D eigenvalue weighted by Crippen LogP contribution is 2.10. The third-order valence-corrected chi connectivity index (χ3v) is 4.37. The highest BCUT2D eigenvalue weighted by atomic mass is 16.5. The van der Waals surface area contributed by atoms with E-state index in [0.29, 0.717) is 19.4 Å². The summed E-state index contributed by atoms with van der Waals surface area (Å²) >= 11 is 0. The van der Waals surface area contributed by atoms with Crippen LogP contribution in [0.5, 0.6) is 0 Å². The minimum Gasteiger partial charge on any atom is -0.466 e. The molecule has 0 rings (SSSR count). The number of carbonyl (C=O) groups is 2. The van der Waals surface area contributed by atoms with Crippen LogP contribution in [0.4, 0.5) is 0 Å². The van der Waals surface area contributed by atoms with Gasteiger partial charge < -0.3 is 9.47 Å². The Hall–Kier alpha value is -1.32. The largest absolute Gasteiger partial charge is 0.466 e. The maximum Gasteiger partial charge on any atom is 0.306 e. The fraction of sp³-hybridized carbons (Fsp3) is 0.818. The fourth-order valence-corrected chi connectivity index (χ4v) is 2.76. The predicted molar refractivity (Wildman–Crippen MR) is 107 cm³/mol. The third kappa shape index (κ3) is 17.5. The van der Waals surface area contributed by atoms with Gasteiger partial charge in [0.05, 0.1) is 12.7 Å². The molecule has 0 fully saturated rings. The van der Waals surface area contributed by atoms with Gasteiger partial charge in [-0.3, -0.25) is 9.59 Å². The van der Waals surface area contributed by atoms with Crippen molar-refractivity contribution in [3.63, 3.8) is 0 Å². The van der Waals surface area contributed by atoms with Gasteiger partial charge in [0.1, 0.15) is 0 Å². The van der Waals surface area contributed by atoms with Crippen LogP contribution < -0.4 is 0 Å². The van der Waals surface area contributed by atoms with E-state index in [-0.39, 0.29) is 24.5 Å². The van der Waals surface area contributed by atoms with Crippen LogP contribution in [0.3, 0.4) is 0 Å². The zero-order valence-corrected chi connectivity index (χ0v) is 17.1. The lowest BCUT2D eigenvalue weighted by Gasteiger charge is -2.12. The molecule has 0 saturated carbocycles. The Morgan fingerprint density at radius 1 is 0.885 bits per heavy atom. The van der Waals surface area contributed by atoms with Gasteiger partial charge in [0, 0.05) is 12.8 Å². The Morgan fingerprint density at radius 2 is 1.54 bits per heavy atom. The van der Waals surface area contributed by atoms with Crippen molar-refractivity contribution in [1.29, 1.82) is 0 Å². The molecule has 4 heteroatoms. The molecule has 0 aliphatic rings. The maximum atomic E-state index is 11.7. The fourth-order valence-electron chi connectivity index (χ4n) is 2.76. The molecule has 0 aromatic heterocycles. The standard InChI is InChI=1S/C22H40O4/c1-4-6-8-9-10-11-12-14-19-25-21(23)17-15-18-22(24)26-20(3)16-13-7-5-2/h4,20H,1,5-19H2,2-3H3. The summed E-state index contributed by atoms with van der Waals surface area (Å²) in [6, 6.07) is 0. The second kappa shape index (κ2) is 18.5. The molecule has 0 radical (unpaired) electrons. The van der Waals surface area contributed by atoms with Crippen LogP contribution in [-0.4, -0.2) is 24.6 Å². The Morgan fingerprint density at radius 3 is 2.23 bits per heavy atom. The van der Waals surface area contributed by atoms with Crippen molar-refractivity contribution in [3.05, 3.63) is 12.7 Å². The van der Waals surface area contributed by atoms with Gasteiger partial charge in [-0.05, 0) is 45.4 Å². The van der Waals surface area contributed by atoms with Crippen LogP contribution in [-0.2, 0) is 19.1 Å². The normalized spacial score (nSPS) is 11.8. The van der Waals surface area contributed by atoms with Crippen LogP contribution in [0.2, 0.25) is 0 Å². The van der Waals surface area contributed by atoms with Crippen LogP contribution in [0.1, 0.15) is 104 Å². The quantitative estimate of drug-likeness (QED) is 0.166. The van der Waals surface area contributed by atoms with Gasteiger partial charge in [0.25, 0.3) is 0 Å². The number of rotatable bonds is 18. The van der Waals surface area contributed by atoms with Gasteiger partial charge in [-0.1, -0.05) is 51.5 Å². The van der Waals surface area contributed by atoms with Crippen molar-refractivity contribution in [2.45, 2.75) is 110 Å². The van der Waals surface area contributed by atoms with Crippen molar-refractivity contribution < 1.29 is 19.1 Å². The molecule has 26 heavy (non-hydrogen) atoms. The summed E-state index contributed by atoms with van der Waals surface area (Å²) in [7, 11) is 0. The number of allylic oxidation sites excluding steroid dienone is 1. The van der Waals surface area contributed by atoms with Gasteiger partial charge in [0.2, 0.25) is 0 Å². The van der Waals surface area contributed by atoms with Crippen LogP contribution in [0, 0.1) is 0 Å². The molecule has 0 bridgehead atoms. The molecule has 0 heterocycles. The Bertz CT molecular complexity index is 365. The van der Waals surface area contributed by atoms with E-state index in [0.717, 1.165) is 32.1 Å². The lowest BCUT2D eigenvalue weighted by atomic mass is 10.1. The van der Waals surface area contributed by atoms with E-state index in [2.05, 4.69) is 13.5 Å². The van der Waals surface area contributed by atoms with Gasteiger partial charge in [-0.2, -0.15) is 0 Å². The minimum atomic E-state index is -0.210. The first kappa shape index (κ1) is 24.7. The van der Waals surface area contributed by atoms with Crippen molar-refractivity contribution in [3.8, 4) is 0 Å². The van der Waals surface area contributed by atoms with Crippen LogP contribution >= 0.6 is 0 Å². The maximum absolute atomic E-state index is 11.7. The van der Waals surface area contributed by atoms with Crippen molar-refractivity contribution in [2.75, 3.05) is 6.61 Å². The zero-order chi connectivity index (χ0) is 19.5. The van der Waals surface area contributed by atoms with Crippen molar-refractivity contribution >= 4 is 11.9 Å². The topological polar surface area (TPSA) is 52.6 Å². The molecule has 4 nitrogen and oxygen atoms in total. The predicted octanol–water partition coefficient (Wildman–Crippen LogP) is 6.13. The summed E-state index contributed by atoms with van der Waals surface area (Å²) in [6.07, 6.45) is 15.4. The molecule has 1 unspecified atom stereocenters. The molecule has 0 amide bonds. The summed E-state index contributed by atoms with van der Waals surface area (Å²) < 4.78 is 10.6. The number of ether oxygens (including phenoxy) is 2. The first-order valence-corrected chi connectivity index (χ1v) is 10.6. The number of unbranched alkanes of at least 4 members (excludes halogenated alkanes) is 8. The molecular weight excluding hydrogens is 328 g/mol. The summed E-state index contributed by atoms with van der Waals surface area (Å²) in [5, 5.41) is 0. The van der Waals surface area contributed by atoms with E-state index < -0.39 is 0 Å². The van der Waals surface area contributed by atoms with Gasteiger partial charge in [-0.25, -0.2) is 0 Å². The van der Waals surface area contributed by atoms with E-state index in [9.17, 15) is 9.59 Å². The lowest BCUT2D eigenvalue weighted by Crippen LogP contribution is -2.15. The van der Waals surface area contributed by atoms with Gasteiger partial charge in [-0.15, -0.1) is 6.58 Å². The molecule has 0 spiro atoms. The third-order valence-electron chi connectivity index (χ3n) is 4.37. The second-order valence-electron chi connectivity index (χ2n) is 7.07. The minimum absolute atomic E-state index is 0.0298. The number of esters is 2. The molecule has 0 aromatic rings. The average Bonchev–Trinajstić information content (AvgIpc) is 2.60. The molecule has 1 atom stereocenters. The van der Waals surface area contributed by atoms with Gasteiger partial charge in [0.15, 0.2) is 0 Å². The Labute approximate surface area is 160 Å². The number of carbonyl (C=O) groups excluding carboxylic acids is 2. The van der Waals surface area contributed by atoms with Crippen LogP contribution in [0.25, 0.3) is 0 Å². The number of hydrogen-bond donors (Lipinski definition) is 0. The smallest absolute Gasteiger partial charge is 0.306 e. The van der Waals surface area contributed by atoms with E-state index in [1.165, 1.54) is 38.5 Å². The first-order valence-electron chi connectivity index (χ1n) is 10.6. The monoisotopic (exact) mass is 368 g/mol. The van der Waals surface area contributed by atoms with Gasteiger partial charge >= 0.3 is 11.9 Å². The molecule has 0 aliphatic heterocycles. The van der Waals surface area contributed by atoms with E-state index >= 15 is 0 Å².